The molecule has 0 saturated heterocycles. The molecule has 30 heavy (non-hydrogen) atoms. The van der Waals surface area contributed by atoms with E-state index in [0.717, 1.165) is 22.7 Å². The average molecular weight is 404 g/mol. The first-order valence-electron chi connectivity index (χ1n) is 9.60. The van der Waals surface area contributed by atoms with Gasteiger partial charge in [-0.2, -0.15) is 0 Å². The molecule has 0 spiro atoms. The van der Waals surface area contributed by atoms with Gasteiger partial charge < -0.3 is 19.5 Å². The van der Waals surface area contributed by atoms with E-state index in [1.54, 1.807) is 49.7 Å². The first-order valence-corrected chi connectivity index (χ1v) is 9.60. The summed E-state index contributed by atoms with van der Waals surface area (Å²) in [4.78, 5) is 16.5. The van der Waals surface area contributed by atoms with Crippen LogP contribution in [0.2, 0.25) is 0 Å². The van der Waals surface area contributed by atoms with Crippen LogP contribution in [0.25, 0.3) is 0 Å². The molecule has 0 atom stereocenters. The molecular weight excluding hydrogens is 380 g/mol. The summed E-state index contributed by atoms with van der Waals surface area (Å²) in [5.74, 6) is 1.93. The van der Waals surface area contributed by atoms with Gasteiger partial charge in [-0.3, -0.25) is 9.79 Å². The molecule has 6 nitrogen and oxygen atoms in total. The number of methoxy groups -OCH3 is 1. The third-order valence-electron chi connectivity index (χ3n) is 4.13. The van der Waals surface area contributed by atoms with Gasteiger partial charge in [0.15, 0.2) is 6.61 Å². The van der Waals surface area contributed by atoms with Crippen molar-refractivity contribution in [3.05, 3.63) is 78.4 Å². The Morgan fingerprint density at radius 1 is 0.867 bits per heavy atom. The number of carbonyl (C=O) groups excluding carboxylic acids is 1. The topological polar surface area (TPSA) is 69.2 Å². The van der Waals surface area contributed by atoms with Crippen LogP contribution >= 0.6 is 0 Å². The van der Waals surface area contributed by atoms with Crippen LogP contribution in [0.1, 0.15) is 12.5 Å². The van der Waals surface area contributed by atoms with Crippen molar-refractivity contribution in [1.82, 2.24) is 0 Å². The van der Waals surface area contributed by atoms with E-state index in [0.29, 0.717) is 18.0 Å². The van der Waals surface area contributed by atoms with Crippen molar-refractivity contribution < 1.29 is 19.0 Å². The minimum Gasteiger partial charge on any atom is -0.497 e. The number of rotatable bonds is 9. The highest BCUT2D eigenvalue weighted by Crippen LogP contribution is 2.19. The molecule has 3 rings (SSSR count). The highest BCUT2D eigenvalue weighted by molar-refractivity contribution is 5.92. The fourth-order valence-corrected chi connectivity index (χ4v) is 2.61. The van der Waals surface area contributed by atoms with Gasteiger partial charge in [0.1, 0.15) is 17.2 Å². The number of hydrogen-bond acceptors (Lipinski definition) is 5. The van der Waals surface area contributed by atoms with Gasteiger partial charge in [-0.05, 0) is 85.3 Å². The second-order valence-electron chi connectivity index (χ2n) is 6.32. The van der Waals surface area contributed by atoms with Crippen molar-refractivity contribution in [2.75, 3.05) is 25.6 Å². The Kier molecular flexibility index (Phi) is 7.44. The second-order valence-corrected chi connectivity index (χ2v) is 6.32. The van der Waals surface area contributed by atoms with Gasteiger partial charge >= 0.3 is 0 Å². The van der Waals surface area contributed by atoms with Crippen molar-refractivity contribution >= 4 is 23.5 Å². The molecule has 0 fully saturated rings. The Hall–Kier alpha value is -3.80. The van der Waals surface area contributed by atoms with Crippen molar-refractivity contribution in [3.63, 3.8) is 0 Å². The summed E-state index contributed by atoms with van der Waals surface area (Å²) in [5, 5.41) is 2.78. The number of anilines is 1. The molecule has 0 unspecified atom stereocenters. The number of carbonyl (C=O) groups is 1. The molecule has 0 bridgehead atoms. The van der Waals surface area contributed by atoms with E-state index in [9.17, 15) is 4.79 Å². The zero-order valence-corrected chi connectivity index (χ0v) is 17.0. The lowest BCUT2D eigenvalue weighted by atomic mass is 10.2. The van der Waals surface area contributed by atoms with Gasteiger partial charge in [0.25, 0.3) is 5.91 Å². The van der Waals surface area contributed by atoms with Crippen LogP contribution in [-0.4, -0.2) is 32.4 Å². The number of benzene rings is 3. The normalized spacial score (nSPS) is 10.6. The number of ether oxygens (including phenoxy) is 3. The van der Waals surface area contributed by atoms with Gasteiger partial charge in [-0.25, -0.2) is 0 Å². The van der Waals surface area contributed by atoms with Gasteiger partial charge in [-0.15, -0.1) is 0 Å². The largest absolute Gasteiger partial charge is 0.497 e. The fourth-order valence-electron chi connectivity index (χ4n) is 2.61. The smallest absolute Gasteiger partial charge is 0.262 e. The molecule has 0 radical (unpaired) electrons. The Balaban J connectivity index is 1.48. The van der Waals surface area contributed by atoms with Crippen molar-refractivity contribution in [2.45, 2.75) is 6.92 Å². The zero-order valence-electron chi connectivity index (χ0n) is 17.0. The fraction of sp³-hybridized carbons (Fsp3) is 0.167. The third kappa shape index (κ3) is 6.38. The predicted octanol–water partition coefficient (Wildman–Crippen LogP) is 4.86. The number of amides is 1. The molecular formula is C24H24N2O4. The highest BCUT2D eigenvalue weighted by atomic mass is 16.5. The van der Waals surface area contributed by atoms with Gasteiger partial charge in [-0.1, -0.05) is 0 Å². The van der Waals surface area contributed by atoms with Crippen LogP contribution in [0.15, 0.2) is 77.8 Å². The predicted molar refractivity (Wildman–Crippen MR) is 118 cm³/mol. The SMILES string of the molecule is CCOc1ccc(N=Cc2ccc(OCC(=O)Nc3ccc(OC)cc3)cc2)cc1. The Morgan fingerprint density at radius 2 is 1.47 bits per heavy atom. The molecule has 154 valence electrons. The molecule has 3 aromatic rings. The number of nitrogens with one attached hydrogen (secondary N) is 1. The molecule has 3 aromatic carbocycles. The quantitative estimate of drug-likeness (QED) is 0.517. The van der Waals surface area contributed by atoms with E-state index >= 15 is 0 Å². The van der Waals surface area contributed by atoms with E-state index in [1.807, 2.05) is 43.3 Å². The molecule has 0 aromatic heterocycles. The Bertz CT molecular complexity index is 966. The zero-order chi connectivity index (χ0) is 21.2. The Labute approximate surface area is 176 Å². The molecule has 1 N–H and O–H groups in total. The minimum absolute atomic E-state index is 0.0777. The highest BCUT2D eigenvalue weighted by Gasteiger charge is 2.04. The lowest BCUT2D eigenvalue weighted by Crippen LogP contribution is -2.20. The summed E-state index contributed by atoms with van der Waals surface area (Å²) < 4.78 is 16.1. The van der Waals surface area contributed by atoms with Gasteiger partial charge in [0.2, 0.25) is 0 Å². The molecule has 0 aliphatic carbocycles. The van der Waals surface area contributed by atoms with Crippen LogP contribution in [0, 0.1) is 0 Å². The second kappa shape index (κ2) is 10.7. The van der Waals surface area contributed by atoms with Crippen molar-refractivity contribution in [2.24, 2.45) is 4.99 Å². The summed E-state index contributed by atoms with van der Waals surface area (Å²) in [5.41, 5.74) is 2.46. The molecule has 0 aliphatic rings. The molecule has 0 aliphatic heterocycles. The molecule has 0 heterocycles. The van der Waals surface area contributed by atoms with Gasteiger partial charge in [0, 0.05) is 11.9 Å². The third-order valence-corrected chi connectivity index (χ3v) is 4.13. The average Bonchev–Trinajstić information content (AvgIpc) is 2.79. The van der Waals surface area contributed by atoms with Crippen LogP contribution in [-0.2, 0) is 4.79 Å². The summed E-state index contributed by atoms with van der Waals surface area (Å²) in [6.07, 6.45) is 1.77. The Morgan fingerprint density at radius 3 is 2.10 bits per heavy atom. The maximum atomic E-state index is 12.0. The van der Waals surface area contributed by atoms with E-state index in [2.05, 4.69) is 10.3 Å². The maximum absolute atomic E-state index is 12.0. The van der Waals surface area contributed by atoms with Gasteiger partial charge in [0.05, 0.1) is 19.4 Å². The van der Waals surface area contributed by atoms with Crippen LogP contribution in [0.4, 0.5) is 11.4 Å². The summed E-state index contributed by atoms with van der Waals surface area (Å²) in [6.45, 7) is 2.51. The number of hydrogen-bond donors (Lipinski definition) is 1. The minimum atomic E-state index is -0.235. The van der Waals surface area contributed by atoms with Crippen molar-refractivity contribution in [1.29, 1.82) is 0 Å². The van der Waals surface area contributed by atoms with Crippen molar-refractivity contribution in [3.8, 4) is 17.2 Å². The summed E-state index contributed by atoms with van der Waals surface area (Å²) >= 11 is 0. The molecule has 1 amide bonds. The first-order chi connectivity index (χ1) is 14.7. The number of aliphatic imine (C=N–C) groups is 1. The van der Waals surface area contributed by atoms with E-state index in [4.69, 9.17) is 14.2 Å². The standard InChI is InChI=1S/C24H24N2O4/c1-3-29-22-14-6-19(7-15-22)25-16-18-4-10-23(11-5-18)30-17-24(27)26-20-8-12-21(28-2)13-9-20/h4-16H,3,17H2,1-2H3,(H,26,27). The first kappa shape index (κ1) is 20.9. The van der Waals surface area contributed by atoms with E-state index in [-0.39, 0.29) is 12.5 Å². The van der Waals surface area contributed by atoms with E-state index in [1.165, 1.54) is 0 Å². The maximum Gasteiger partial charge on any atom is 0.262 e. The summed E-state index contributed by atoms with van der Waals surface area (Å²) in [7, 11) is 1.60. The summed E-state index contributed by atoms with van der Waals surface area (Å²) in [6, 6.07) is 22.1. The lowest BCUT2D eigenvalue weighted by Gasteiger charge is -2.08. The van der Waals surface area contributed by atoms with Crippen LogP contribution < -0.4 is 19.5 Å². The van der Waals surface area contributed by atoms with Crippen LogP contribution in [0.5, 0.6) is 17.2 Å². The van der Waals surface area contributed by atoms with E-state index < -0.39 is 0 Å². The van der Waals surface area contributed by atoms with Crippen LogP contribution in [0.3, 0.4) is 0 Å². The number of nitrogens with zero attached hydrogens (tertiary/aromatic N) is 1. The lowest BCUT2D eigenvalue weighted by molar-refractivity contribution is -0.118. The monoisotopic (exact) mass is 404 g/mol. The molecule has 6 heteroatoms. The molecule has 0 saturated carbocycles.